The van der Waals surface area contributed by atoms with Crippen LogP contribution in [0.5, 0.6) is 5.75 Å². The van der Waals surface area contributed by atoms with Crippen molar-refractivity contribution in [3.05, 3.63) is 64.5 Å². The second-order valence-electron chi connectivity index (χ2n) is 4.64. The van der Waals surface area contributed by atoms with Gasteiger partial charge in [-0.25, -0.2) is 8.78 Å². The number of rotatable bonds is 4. The molecule has 0 fully saturated rings. The summed E-state index contributed by atoms with van der Waals surface area (Å²) in [6.07, 6.45) is 0. The van der Waals surface area contributed by atoms with Crippen molar-refractivity contribution < 1.29 is 18.3 Å². The molecule has 0 radical (unpaired) electrons. The molecule has 0 aliphatic rings. The van der Waals surface area contributed by atoms with Gasteiger partial charge in [-0.3, -0.25) is 4.79 Å². The Morgan fingerprint density at radius 1 is 1.18 bits per heavy atom. The molecule has 1 heterocycles. The molecule has 3 rings (SSSR count). The molecule has 1 aromatic heterocycles. The lowest BCUT2D eigenvalue weighted by Crippen LogP contribution is -2.16. The zero-order chi connectivity index (χ0) is 15.7. The van der Waals surface area contributed by atoms with E-state index in [1.54, 1.807) is 11.3 Å². The molecule has 0 atom stereocenters. The van der Waals surface area contributed by atoms with Gasteiger partial charge < -0.3 is 10.5 Å². The first kappa shape index (κ1) is 14.5. The Bertz CT molecular complexity index is 860. The first-order chi connectivity index (χ1) is 10.6. The average Bonchev–Trinajstić information content (AvgIpc) is 2.89. The number of amides is 1. The Kier molecular flexibility index (Phi) is 3.77. The fraction of sp³-hybridized carbons (Fsp3) is 0.0625. The summed E-state index contributed by atoms with van der Waals surface area (Å²) in [6.45, 7) is 0.116. The minimum absolute atomic E-state index is 0.116. The Labute approximate surface area is 128 Å². The van der Waals surface area contributed by atoms with Crippen molar-refractivity contribution in [3.8, 4) is 5.75 Å². The summed E-state index contributed by atoms with van der Waals surface area (Å²) < 4.78 is 34.0. The number of nitrogens with two attached hydrogens (primary N) is 1. The second kappa shape index (κ2) is 5.73. The van der Waals surface area contributed by atoms with E-state index >= 15 is 0 Å². The number of carbonyl (C=O) groups excluding carboxylic acids is 1. The summed E-state index contributed by atoms with van der Waals surface area (Å²) in [5.41, 5.74) is 5.09. The Morgan fingerprint density at radius 3 is 2.73 bits per heavy atom. The third-order valence-corrected chi connectivity index (χ3v) is 4.26. The first-order valence-electron chi connectivity index (χ1n) is 6.43. The predicted molar refractivity (Wildman–Crippen MR) is 81.0 cm³/mol. The molecule has 22 heavy (non-hydrogen) atoms. The first-order valence-corrected chi connectivity index (χ1v) is 7.31. The number of fused-ring (bicyclic) bond motifs is 1. The quantitative estimate of drug-likeness (QED) is 0.794. The van der Waals surface area contributed by atoms with Gasteiger partial charge in [-0.05, 0) is 29.0 Å². The van der Waals surface area contributed by atoms with Gasteiger partial charge in [0, 0.05) is 10.3 Å². The van der Waals surface area contributed by atoms with Gasteiger partial charge in [-0.2, -0.15) is 0 Å². The highest BCUT2D eigenvalue weighted by Gasteiger charge is 2.19. The van der Waals surface area contributed by atoms with Crippen molar-refractivity contribution in [2.45, 2.75) is 6.61 Å². The Morgan fingerprint density at radius 2 is 1.95 bits per heavy atom. The molecule has 0 aliphatic heterocycles. The van der Waals surface area contributed by atoms with Gasteiger partial charge in [0.2, 0.25) is 0 Å². The van der Waals surface area contributed by atoms with Crippen LogP contribution >= 0.6 is 11.3 Å². The van der Waals surface area contributed by atoms with Gasteiger partial charge in [0.05, 0.1) is 0 Å². The summed E-state index contributed by atoms with van der Waals surface area (Å²) in [5.74, 6) is -3.45. The SMILES string of the molecule is NC(=O)c1c(F)ccc(OCc2csc3ccccc23)c1F. The molecule has 3 aromatic rings. The van der Waals surface area contributed by atoms with Crippen molar-refractivity contribution in [1.29, 1.82) is 0 Å². The van der Waals surface area contributed by atoms with E-state index in [1.807, 2.05) is 29.6 Å². The van der Waals surface area contributed by atoms with Crippen molar-refractivity contribution in [2.24, 2.45) is 5.73 Å². The molecule has 0 aliphatic carbocycles. The average molecular weight is 319 g/mol. The number of benzene rings is 2. The molecule has 3 nitrogen and oxygen atoms in total. The molecule has 0 saturated heterocycles. The van der Waals surface area contributed by atoms with Crippen LogP contribution in [0.1, 0.15) is 15.9 Å². The fourth-order valence-electron chi connectivity index (χ4n) is 2.17. The lowest BCUT2D eigenvalue weighted by Gasteiger charge is -2.09. The highest BCUT2D eigenvalue weighted by Crippen LogP contribution is 2.28. The van der Waals surface area contributed by atoms with Gasteiger partial charge in [0.1, 0.15) is 18.0 Å². The molecular weight excluding hydrogens is 308 g/mol. The van der Waals surface area contributed by atoms with Crippen molar-refractivity contribution in [3.63, 3.8) is 0 Å². The van der Waals surface area contributed by atoms with E-state index in [0.717, 1.165) is 27.8 Å². The molecule has 0 spiro atoms. The number of ether oxygens (including phenoxy) is 1. The minimum Gasteiger partial charge on any atom is -0.486 e. The molecule has 2 N–H and O–H groups in total. The molecule has 0 unspecified atom stereocenters. The third-order valence-electron chi connectivity index (χ3n) is 3.25. The van der Waals surface area contributed by atoms with Gasteiger partial charge in [-0.1, -0.05) is 18.2 Å². The minimum atomic E-state index is -1.17. The maximum atomic E-state index is 14.1. The van der Waals surface area contributed by atoms with E-state index in [2.05, 4.69) is 0 Å². The van der Waals surface area contributed by atoms with Crippen LogP contribution in [0.15, 0.2) is 41.8 Å². The van der Waals surface area contributed by atoms with Crippen LogP contribution in [0.2, 0.25) is 0 Å². The van der Waals surface area contributed by atoms with Crippen LogP contribution in [0.25, 0.3) is 10.1 Å². The van der Waals surface area contributed by atoms with E-state index in [-0.39, 0.29) is 12.4 Å². The summed E-state index contributed by atoms with van der Waals surface area (Å²) >= 11 is 1.56. The lowest BCUT2D eigenvalue weighted by molar-refractivity contribution is 0.0991. The number of hydrogen-bond acceptors (Lipinski definition) is 3. The van der Waals surface area contributed by atoms with Crippen LogP contribution in [0.3, 0.4) is 0 Å². The zero-order valence-corrected chi connectivity index (χ0v) is 12.1. The van der Waals surface area contributed by atoms with Crippen LogP contribution < -0.4 is 10.5 Å². The van der Waals surface area contributed by atoms with Gasteiger partial charge >= 0.3 is 0 Å². The summed E-state index contributed by atoms with van der Waals surface area (Å²) in [7, 11) is 0. The number of carbonyl (C=O) groups is 1. The molecular formula is C16H11F2NO2S. The summed E-state index contributed by atoms with van der Waals surface area (Å²) in [5, 5.41) is 2.94. The topological polar surface area (TPSA) is 52.3 Å². The van der Waals surface area contributed by atoms with Crippen LogP contribution in [-0.4, -0.2) is 5.91 Å². The van der Waals surface area contributed by atoms with E-state index in [0.29, 0.717) is 0 Å². The van der Waals surface area contributed by atoms with Crippen molar-refractivity contribution >= 4 is 27.3 Å². The van der Waals surface area contributed by atoms with Crippen LogP contribution in [-0.2, 0) is 6.61 Å². The molecule has 0 saturated carbocycles. The zero-order valence-electron chi connectivity index (χ0n) is 11.3. The summed E-state index contributed by atoms with van der Waals surface area (Å²) in [6, 6.07) is 9.87. The summed E-state index contributed by atoms with van der Waals surface area (Å²) in [4.78, 5) is 11.1. The van der Waals surface area contributed by atoms with Crippen molar-refractivity contribution in [2.75, 3.05) is 0 Å². The maximum absolute atomic E-state index is 14.1. The predicted octanol–water partition coefficient (Wildman–Crippen LogP) is 3.86. The van der Waals surface area contributed by atoms with E-state index in [4.69, 9.17) is 10.5 Å². The fourth-order valence-corrected chi connectivity index (χ4v) is 3.12. The Balaban J connectivity index is 1.88. The number of thiophene rings is 1. The van der Waals surface area contributed by atoms with Crippen LogP contribution in [0, 0.1) is 11.6 Å². The van der Waals surface area contributed by atoms with E-state index in [9.17, 15) is 13.6 Å². The Hall–Kier alpha value is -2.47. The smallest absolute Gasteiger partial charge is 0.254 e. The molecule has 2 aromatic carbocycles. The van der Waals surface area contributed by atoms with Crippen molar-refractivity contribution in [1.82, 2.24) is 0 Å². The maximum Gasteiger partial charge on any atom is 0.254 e. The van der Waals surface area contributed by atoms with Crippen LogP contribution in [0.4, 0.5) is 8.78 Å². The van der Waals surface area contributed by atoms with Gasteiger partial charge in [0.25, 0.3) is 5.91 Å². The number of primary amides is 1. The standard InChI is InChI=1S/C16H11F2NO2S/c17-11-5-6-12(15(18)14(11)16(19)20)21-7-9-8-22-13-4-2-1-3-10(9)13/h1-6,8H,7H2,(H2,19,20). The molecule has 112 valence electrons. The highest BCUT2D eigenvalue weighted by atomic mass is 32.1. The van der Waals surface area contributed by atoms with E-state index < -0.39 is 23.1 Å². The van der Waals surface area contributed by atoms with E-state index in [1.165, 1.54) is 0 Å². The number of halogens is 2. The monoisotopic (exact) mass is 319 g/mol. The number of hydrogen-bond donors (Lipinski definition) is 1. The highest BCUT2D eigenvalue weighted by molar-refractivity contribution is 7.17. The van der Waals surface area contributed by atoms with Gasteiger partial charge in [-0.15, -0.1) is 11.3 Å². The molecule has 6 heteroatoms. The third kappa shape index (κ3) is 2.53. The lowest BCUT2D eigenvalue weighted by atomic mass is 10.1. The largest absolute Gasteiger partial charge is 0.486 e. The molecule has 1 amide bonds. The van der Waals surface area contributed by atoms with Gasteiger partial charge in [0.15, 0.2) is 11.6 Å². The molecule has 0 bridgehead atoms. The second-order valence-corrected chi connectivity index (χ2v) is 5.56. The normalized spacial score (nSPS) is 10.8.